The summed E-state index contributed by atoms with van der Waals surface area (Å²) in [5, 5.41) is 7.93. The van der Waals surface area contributed by atoms with Crippen LogP contribution in [0.4, 0.5) is 10.1 Å². The summed E-state index contributed by atoms with van der Waals surface area (Å²) in [5.41, 5.74) is 0.988. The van der Waals surface area contributed by atoms with Crippen LogP contribution in [0.3, 0.4) is 0 Å². The van der Waals surface area contributed by atoms with Crippen LogP contribution in [0.25, 0.3) is 21.8 Å². The van der Waals surface area contributed by atoms with Crippen LogP contribution in [0, 0.1) is 5.82 Å². The maximum absolute atomic E-state index is 13.4. The summed E-state index contributed by atoms with van der Waals surface area (Å²) in [7, 11) is 0. The van der Waals surface area contributed by atoms with E-state index in [0.29, 0.717) is 22.2 Å². The topological polar surface area (TPSA) is 101 Å². The molecule has 0 saturated carbocycles. The highest BCUT2D eigenvalue weighted by Gasteiger charge is 2.11. The number of carbonyl (C=O) groups excluding carboxylic acids is 1. The number of hydrogen-bond acceptors (Lipinski definition) is 4. The number of halogens is 1. The number of amides is 1. The van der Waals surface area contributed by atoms with Gasteiger partial charge in [0, 0.05) is 28.4 Å². The summed E-state index contributed by atoms with van der Waals surface area (Å²) in [6.45, 7) is -0.0264. The lowest BCUT2D eigenvalue weighted by Crippen LogP contribution is -2.32. The van der Waals surface area contributed by atoms with E-state index in [1.807, 2.05) is 24.3 Å². The number of nitrogens with zero attached hydrogens (tertiary/aromatic N) is 3. The molecule has 0 fully saturated rings. The maximum Gasteiger partial charge on any atom is 0.349 e. The number of rotatable bonds is 5. The van der Waals surface area contributed by atoms with E-state index in [-0.39, 0.29) is 12.5 Å². The van der Waals surface area contributed by atoms with E-state index in [0.717, 1.165) is 15.6 Å². The van der Waals surface area contributed by atoms with Crippen molar-refractivity contribution in [3.05, 3.63) is 111 Å². The molecule has 168 valence electrons. The van der Waals surface area contributed by atoms with Crippen molar-refractivity contribution in [3.8, 4) is 0 Å². The number of carbonyl (C=O) groups is 1. The molecular formula is C25H18FN5O3. The van der Waals surface area contributed by atoms with E-state index in [1.54, 1.807) is 41.1 Å². The molecule has 0 spiro atoms. The SMILES string of the molecule is O=C(Cn1cc(C=Nn2c(=O)[nH]c3ccccc3c2=O)c2ccccc21)Nc1cccc(F)c1. The van der Waals surface area contributed by atoms with Gasteiger partial charge in [-0.3, -0.25) is 9.59 Å². The third-order valence-corrected chi connectivity index (χ3v) is 5.34. The molecule has 0 atom stereocenters. The lowest BCUT2D eigenvalue weighted by molar-refractivity contribution is -0.116. The standard InChI is InChI=1S/C25H18FN5O3/c26-17-6-5-7-18(12-17)28-23(32)15-30-14-16(19-8-2-4-11-22(19)30)13-27-31-24(33)20-9-1-3-10-21(20)29-25(31)34/h1-14H,15H2,(H,28,32)(H,29,34). The highest BCUT2D eigenvalue weighted by Crippen LogP contribution is 2.20. The van der Waals surface area contributed by atoms with Gasteiger partial charge in [0.15, 0.2) is 0 Å². The van der Waals surface area contributed by atoms with Gasteiger partial charge in [-0.05, 0) is 36.4 Å². The molecule has 0 aliphatic rings. The fraction of sp³-hybridized carbons (Fsp3) is 0.0400. The normalized spacial score (nSPS) is 11.4. The molecule has 0 aliphatic carbocycles. The van der Waals surface area contributed by atoms with Crippen molar-refractivity contribution in [2.45, 2.75) is 6.54 Å². The Morgan fingerprint density at radius 3 is 2.59 bits per heavy atom. The van der Waals surface area contributed by atoms with Gasteiger partial charge in [0.25, 0.3) is 5.56 Å². The Balaban J connectivity index is 1.48. The number of anilines is 1. The van der Waals surface area contributed by atoms with Crippen LogP contribution in [0.1, 0.15) is 5.56 Å². The second-order valence-electron chi connectivity index (χ2n) is 7.63. The summed E-state index contributed by atoms with van der Waals surface area (Å²) in [6, 6.07) is 19.7. The summed E-state index contributed by atoms with van der Waals surface area (Å²) >= 11 is 0. The largest absolute Gasteiger partial charge is 0.349 e. The van der Waals surface area contributed by atoms with Crippen molar-refractivity contribution in [1.82, 2.24) is 14.2 Å². The van der Waals surface area contributed by atoms with Crippen LogP contribution >= 0.6 is 0 Å². The van der Waals surface area contributed by atoms with Crippen molar-refractivity contribution in [2.24, 2.45) is 5.10 Å². The van der Waals surface area contributed by atoms with Crippen LogP contribution in [-0.2, 0) is 11.3 Å². The molecule has 0 aliphatic heterocycles. The van der Waals surface area contributed by atoms with Crippen LogP contribution < -0.4 is 16.6 Å². The first-order valence-electron chi connectivity index (χ1n) is 10.4. The van der Waals surface area contributed by atoms with Gasteiger partial charge in [-0.1, -0.05) is 36.4 Å². The summed E-state index contributed by atoms with van der Waals surface area (Å²) in [6.07, 6.45) is 3.12. The molecule has 0 radical (unpaired) electrons. The number of benzene rings is 3. The third kappa shape index (κ3) is 4.02. The van der Waals surface area contributed by atoms with Crippen LogP contribution in [0.5, 0.6) is 0 Å². The second-order valence-corrected chi connectivity index (χ2v) is 7.63. The van der Waals surface area contributed by atoms with E-state index in [9.17, 15) is 18.8 Å². The number of nitrogens with one attached hydrogen (secondary N) is 2. The van der Waals surface area contributed by atoms with E-state index in [2.05, 4.69) is 15.4 Å². The number of hydrogen-bond donors (Lipinski definition) is 2. The molecule has 3 aromatic carbocycles. The molecule has 2 heterocycles. The number of fused-ring (bicyclic) bond motifs is 2. The maximum atomic E-state index is 13.4. The minimum atomic E-state index is -0.654. The lowest BCUT2D eigenvalue weighted by atomic mass is 10.2. The minimum absolute atomic E-state index is 0.0264. The molecule has 5 rings (SSSR count). The van der Waals surface area contributed by atoms with Gasteiger partial charge in [-0.15, -0.1) is 4.68 Å². The number of aromatic amines is 1. The Hall–Kier alpha value is -4.79. The van der Waals surface area contributed by atoms with E-state index >= 15 is 0 Å². The zero-order chi connectivity index (χ0) is 23.7. The zero-order valence-electron chi connectivity index (χ0n) is 17.7. The van der Waals surface area contributed by atoms with Crippen molar-refractivity contribution < 1.29 is 9.18 Å². The first-order valence-corrected chi connectivity index (χ1v) is 10.4. The monoisotopic (exact) mass is 455 g/mol. The highest BCUT2D eigenvalue weighted by molar-refractivity contribution is 6.00. The fourth-order valence-electron chi connectivity index (χ4n) is 3.81. The van der Waals surface area contributed by atoms with E-state index in [4.69, 9.17) is 0 Å². The first kappa shape index (κ1) is 21.1. The minimum Gasteiger partial charge on any atom is -0.337 e. The van der Waals surface area contributed by atoms with Crippen LogP contribution in [0.2, 0.25) is 0 Å². The van der Waals surface area contributed by atoms with Gasteiger partial charge in [-0.25, -0.2) is 9.18 Å². The van der Waals surface area contributed by atoms with Gasteiger partial charge >= 0.3 is 5.69 Å². The number of aromatic nitrogens is 3. The van der Waals surface area contributed by atoms with E-state index < -0.39 is 17.1 Å². The smallest absolute Gasteiger partial charge is 0.337 e. The quantitative estimate of drug-likeness (QED) is 0.398. The molecular weight excluding hydrogens is 437 g/mol. The Labute approximate surface area is 191 Å². The molecule has 8 nitrogen and oxygen atoms in total. The summed E-state index contributed by atoms with van der Waals surface area (Å²) < 4.78 is 15.9. The Kier molecular flexibility index (Phi) is 5.35. The van der Waals surface area contributed by atoms with Gasteiger partial charge in [0.2, 0.25) is 5.91 Å². The second kappa shape index (κ2) is 8.62. The average molecular weight is 455 g/mol. The van der Waals surface area contributed by atoms with Crippen molar-refractivity contribution in [3.63, 3.8) is 0 Å². The average Bonchev–Trinajstić information content (AvgIpc) is 3.16. The highest BCUT2D eigenvalue weighted by atomic mass is 19.1. The van der Waals surface area contributed by atoms with E-state index in [1.165, 1.54) is 24.4 Å². The predicted octanol–water partition coefficient (Wildman–Crippen LogP) is 3.30. The third-order valence-electron chi connectivity index (χ3n) is 5.34. The van der Waals surface area contributed by atoms with Crippen LogP contribution in [0.15, 0.2) is 93.7 Å². The molecule has 2 N–H and O–H groups in total. The number of H-pyrrole nitrogens is 1. The molecule has 9 heteroatoms. The molecule has 2 aromatic heterocycles. The van der Waals surface area contributed by atoms with Crippen LogP contribution in [-0.4, -0.2) is 26.3 Å². The number of para-hydroxylation sites is 2. The first-order chi connectivity index (χ1) is 16.5. The molecule has 34 heavy (non-hydrogen) atoms. The summed E-state index contributed by atoms with van der Waals surface area (Å²) in [4.78, 5) is 40.3. The van der Waals surface area contributed by atoms with Gasteiger partial charge in [-0.2, -0.15) is 5.10 Å². The molecule has 5 aromatic rings. The lowest BCUT2D eigenvalue weighted by Gasteiger charge is -2.07. The Morgan fingerprint density at radius 2 is 1.76 bits per heavy atom. The zero-order valence-corrected chi connectivity index (χ0v) is 17.7. The predicted molar refractivity (Wildman–Crippen MR) is 129 cm³/mol. The van der Waals surface area contributed by atoms with Gasteiger partial charge in [0.05, 0.1) is 17.1 Å². The fourth-order valence-corrected chi connectivity index (χ4v) is 3.81. The molecule has 0 bridgehead atoms. The Bertz CT molecular complexity index is 1700. The molecule has 0 saturated heterocycles. The van der Waals surface area contributed by atoms with Crippen molar-refractivity contribution >= 4 is 39.6 Å². The van der Waals surface area contributed by atoms with Crippen molar-refractivity contribution in [1.29, 1.82) is 0 Å². The van der Waals surface area contributed by atoms with Crippen molar-refractivity contribution in [2.75, 3.05) is 5.32 Å². The Morgan fingerprint density at radius 1 is 1.00 bits per heavy atom. The summed E-state index contributed by atoms with van der Waals surface area (Å²) in [5.74, 6) is -0.779. The molecule has 1 amide bonds. The van der Waals surface area contributed by atoms with Gasteiger partial charge in [0.1, 0.15) is 12.4 Å². The van der Waals surface area contributed by atoms with Gasteiger partial charge < -0.3 is 14.9 Å². The molecule has 0 unspecified atom stereocenters.